The maximum atomic E-state index is 12.9. The number of halogens is 2. The third-order valence-corrected chi connectivity index (χ3v) is 5.38. The molecule has 0 spiro atoms. The number of nitrogens with zero attached hydrogens (tertiary/aromatic N) is 1. The second-order valence-electron chi connectivity index (χ2n) is 5.69. The molecule has 0 aromatic heterocycles. The minimum absolute atomic E-state index is 0.0487. The molecule has 0 saturated heterocycles. The van der Waals surface area contributed by atoms with Crippen LogP contribution in [0.4, 0.5) is 5.69 Å². The molecule has 4 heteroatoms. The maximum Gasteiger partial charge on any atom is 0.258 e. The van der Waals surface area contributed by atoms with E-state index in [1.54, 1.807) is 4.90 Å². The second-order valence-corrected chi connectivity index (χ2v) is 6.66. The monoisotopic (exact) mass is 333 g/mol. The summed E-state index contributed by atoms with van der Waals surface area (Å²) >= 11 is 13.0. The normalized spacial score (nSPS) is 24.0. The lowest BCUT2D eigenvalue weighted by Gasteiger charge is -2.40. The lowest BCUT2D eigenvalue weighted by atomic mass is 9.93. The average Bonchev–Trinajstić information content (AvgIpc) is 2.54. The number of aryl methyl sites for hydroxylation is 1. The Labute approximate surface area is 140 Å². The highest BCUT2D eigenvalue weighted by molar-refractivity contribution is 6.32. The number of hydrogen-bond acceptors (Lipinski definition) is 1. The maximum absolute atomic E-state index is 12.9. The molecule has 3 atom stereocenters. The smallest absolute Gasteiger partial charge is 0.258 e. The van der Waals surface area contributed by atoms with Gasteiger partial charge in [0.15, 0.2) is 0 Å². The first kappa shape index (κ1) is 15.4. The van der Waals surface area contributed by atoms with Crippen molar-refractivity contribution in [3.63, 3.8) is 0 Å². The molecular formula is C18H17Cl2NO. The first-order chi connectivity index (χ1) is 10.5. The Morgan fingerprint density at radius 2 is 1.77 bits per heavy atom. The molecule has 0 radical (unpaired) electrons. The van der Waals surface area contributed by atoms with Gasteiger partial charge < -0.3 is 4.90 Å². The van der Waals surface area contributed by atoms with Crippen molar-refractivity contribution >= 4 is 34.8 Å². The van der Waals surface area contributed by atoms with Gasteiger partial charge in [0.25, 0.3) is 5.91 Å². The van der Waals surface area contributed by atoms with Gasteiger partial charge in [-0.25, -0.2) is 0 Å². The molecule has 1 heterocycles. The first-order valence-electron chi connectivity index (χ1n) is 7.28. The van der Waals surface area contributed by atoms with E-state index >= 15 is 0 Å². The van der Waals surface area contributed by atoms with Crippen molar-refractivity contribution in [2.24, 2.45) is 0 Å². The summed E-state index contributed by atoms with van der Waals surface area (Å²) in [6, 6.07) is 15.0. The molecule has 1 aliphatic rings. The average molecular weight is 334 g/mol. The van der Waals surface area contributed by atoms with Gasteiger partial charge >= 0.3 is 0 Å². The standard InChI is InChI=1S/C18H17Cl2NO/c1-11-8-9-15-14(10-11)17(20)16(19)12(2)21(15)18(22)13-6-4-3-5-7-13/h3-10,12,16-17H,1-2H3/t12-,16-,17+/m0/s1. The van der Waals surface area contributed by atoms with Gasteiger partial charge in [0, 0.05) is 11.3 Å². The number of rotatable bonds is 1. The number of benzene rings is 2. The van der Waals surface area contributed by atoms with Crippen molar-refractivity contribution < 1.29 is 4.79 Å². The van der Waals surface area contributed by atoms with E-state index in [0.717, 1.165) is 16.8 Å². The quantitative estimate of drug-likeness (QED) is 0.677. The molecule has 3 rings (SSSR count). The minimum atomic E-state index is -0.330. The Hall–Kier alpha value is -1.51. The summed E-state index contributed by atoms with van der Waals surface area (Å²) in [5.41, 5.74) is 3.53. The molecule has 0 unspecified atom stereocenters. The van der Waals surface area contributed by atoms with E-state index in [4.69, 9.17) is 23.2 Å². The van der Waals surface area contributed by atoms with Crippen molar-refractivity contribution in [3.8, 4) is 0 Å². The van der Waals surface area contributed by atoms with Crippen LogP contribution >= 0.6 is 23.2 Å². The Balaban J connectivity index is 2.11. The van der Waals surface area contributed by atoms with E-state index in [0.29, 0.717) is 5.56 Å². The van der Waals surface area contributed by atoms with Crippen LogP contribution in [0.3, 0.4) is 0 Å². The van der Waals surface area contributed by atoms with Gasteiger partial charge in [-0.3, -0.25) is 4.79 Å². The lowest BCUT2D eigenvalue weighted by Crippen LogP contribution is -2.48. The van der Waals surface area contributed by atoms with Gasteiger partial charge in [-0.1, -0.05) is 35.9 Å². The Kier molecular flexibility index (Phi) is 4.16. The molecule has 0 N–H and O–H groups in total. The van der Waals surface area contributed by atoms with Crippen LogP contribution in [0.1, 0.15) is 33.8 Å². The molecule has 0 aliphatic carbocycles. The summed E-state index contributed by atoms with van der Waals surface area (Å²) < 4.78 is 0. The number of alkyl halides is 2. The fourth-order valence-corrected chi connectivity index (χ4v) is 3.54. The molecule has 22 heavy (non-hydrogen) atoms. The van der Waals surface area contributed by atoms with Gasteiger partial charge in [-0.05, 0) is 37.6 Å². The highest BCUT2D eigenvalue weighted by Crippen LogP contribution is 2.44. The largest absolute Gasteiger partial charge is 0.304 e. The van der Waals surface area contributed by atoms with Crippen LogP contribution in [0, 0.1) is 6.92 Å². The van der Waals surface area contributed by atoms with E-state index in [9.17, 15) is 4.79 Å². The summed E-state index contributed by atoms with van der Waals surface area (Å²) in [5, 5.41) is -0.630. The van der Waals surface area contributed by atoms with Crippen LogP contribution in [0.2, 0.25) is 0 Å². The van der Waals surface area contributed by atoms with Crippen molar-refractivity contribution in [1.29, 1.82) is 0 Å². The molecule has 0 saturated carbocycles. The summed E-state index contributed by atoms with van der Waals surface area (Å²) in [5.74, 6) is -0.0487. The molecule has 2 aromatic rings. The van der Waals surface area contributed by atoms with E-state index in [2.05, 4.69) is 0 Å². The number of carbonyl (C=O) groups excluding carboxylic acids is 1. The molecule has 2 nitrogen and oxygen atoms in total. The number of hydrogen-bond donors (Lipinski definition) is 0. The molecule has 114 valence electrons. The van der Waals surface area contributed by atoms with Crippen LogP contribution in [0.5, 0.6) is 0 Å². The topological polar surface area (TPSA) is 20.3 Å². The zero-order valence-corrected chi connectivity index (χ0v) is 14.0. The SMILES string of the molecule is Cc1ccc2c(c1)[C@@H](Cl)[C@@H](Cl)[C@H](C)N2C(=O)c1ccccc1. The van der Waals surface area contributed by atoms with Gasteiger partial charge in [-0.2, -0.15) is 0 Å². The van der Waals surface area contributed by atoms with Crippen molar-refractivity contribution in [1.82, 2.24) is 0 Å². The van der Waals surface area contributed by atoms with Crippen LogP contribution in [0.25, 0.3) is 0 Å². The third kappa shape index (κ3) is 2.51. The molecule has 1 amide bonds. The minimum Gasteiger partial charge on any atom is -0.304 e. The zero-order chi connectivity index (χ0) is 15.9. The number of amides is 1. The van der Waals surface area contributed by atoms with Gasteiger partial charge in [-0.15, -0.1) is 23.2 Å². The van der Waals surface area contributed by atoms with Gasteiger partial charge in [0.2, 0.25) is 0 Å². The van der Waals surface area contributed by atoms with Crippen LogP contribution in [0.15, 0.2) is 48.5 Å². The van der Waals surface area contributed by atoms with Gasteiger partial charge in [0.05, 0.1) is 16.8 Å². The molecule has 1 aliphatic heterocycles. The fourth-order valence-electron chi connectivity index (χ4n) is 2.91. The Bertz CT molecular complexity index is 701. The number of anilines is 1. The first-order valence-corrected chi connectivity index (χ1v) is 8.15. The molecule has 0 bridgehead atoms. The Morgan fingerprint density at radius 1 is 1.09 bits per heavy atom. The predicted molar refractivity (Wildman–Crippen MR) is 92.1 cm³/mol. The van der Waals surface area contributed by atoms with E-state index < -0.39 is 0 Å². The lowest BCUT2D eigenvalue weighted by molar-refractivity contribution is 0.0975. The summed E-state index contributed by atoms with van der Waals surface area (Å²) in [7, 11) is 0. The van der Waals surface area contributed by atoms with Crippen LogP contribution in [-0.2, 0) is 0 Å². The van der Waals surface area contributed by atoms with E-state index in [1.807, 2.05) is 62.4 Å². The van der Waals surface area contributed by atoms with Crippen molar-refractivity contribution in [3.05, 3.63) is 65.2 Å². The number of carbonyl (C=O) groups is 1. The summed E-state index contributed by atoms with van der Waals surface area (Å²) in [6.07, 6.45) is 0. The molecule has 0 fully saturated rings. The van der Waals surface area contributed by atoms with Crippen molar-refractivity contribution in [2.45, 2.75) is 30.6 Å². The molecular weight excluding hydrogens is 317 g/mol. The number of fused-ring (bicyclic) bond motifs is 1. The zero-order valence-electron chi connectivity index (χ0n) is 12.5. The van der Waals surface area contributed by atoms with Gasteiger partial charge in [0.1, 0.15) is 0 Å². The highest BCUT2D eigenvalue weighted by Gasteiger charge is 2.39. The van der Waals surface area contributed by atoms with Crippen LogP contribution < -0.4 is 4.90 Å². The predicted octanol–water partition coefficient (Wildman–Crippen LogP) is 4.93. The summed E-state index contributed by atoms with van der Waals surface area (Å²) in [4.78, 5) is 14.7. The Morgan fingerprint density at radius 3 is 2.45 bits per heavy atom. The third-order valence-electron chi connectivity index (χ3n) is 4.13. The molecule has 2 aromatic carbocycles. The highest BCUT2D eigenvalue weighted by atomic mass is 35.5. The fraction of sp³-hybridized carbons (Fsp3) is 0.278. The van der Waals surface area contributed by atoms with E-state index in [1.165, 1.54) is 0 Å². The van der Waals surface area contributed by atoms with Crippen LogP contribution in [-0.4, -0.2) is 17.3 Å². The summed E-state index contributed by atoms with van der Waals surface area (Å²) in [6.45, 7) is 3.95. The van der Waals surface area contributed by atoms with E-state index in [-0.39, 0.29) is 22.7 Å². The van der Waals surface area contributed by atoms with Crippen molar-refractivity contribution in [2.75, 3.05) is 4.90 Å². The second kappa shape index (κ2) is 5.94.